The second kappa shape index (κ2) is 6.00. The van der Waals surface area contributed by atoms with Gasteiger partial charge in [-0.1, -0.05) is 0 Å². The van der Waals surface area contributed by atoms with E-state index in [1.54, 1.807) is 23.1 Å². The minimum atomic E-state index is 0.110. The molecule has 2 nitrogen and oxygen atoms in total. The third-order valence-electron chi connectivity index (χ3n) is 2.26. The van der Waals surface area contributed by atoms with Crippen molar-refractivity contribution >= 4 is 39.0 Å². The zero-order valence-electron chi connectivity index (χ0n) is 9.34. The molecule has 17 heavy (non-hydrogen) atoms. The van der Waals surface area contributed by atoms with Crippen LogP contribution in [-0.2, 0) is 0 Å². The van der Waals surface area contributed by atoms with Crippen molar-refractivity contribution in [1.29, 1.82) is 0 Å². The molecule has 0 saturated heterocycles. The number of thiophene rings is 1. The van der Waals surface area contributed by atoms with E-state index in [1.807, 2.05) is 31.5 Å². The summed E-state index contributed by atoms with van der Waals surface area (Å²) in [6.07, 6.45) is 3.62. The zero-order chi connectivity index (χ0) is 12.3. The number of aromatic nitrogens is 1. The Hall–Kier alpha value is -0.360. The first-order valence-electron chi connectivity index (χ1n) is 5.23. The minimum Gasteiger partial charge on any atom is -0.327 e. The average molecular weight is 329 g/mol. The van der Waals surface area contributed by atoms with E-state index in [-0.39, 0.29) is 11.3 Å². The fourth-order valence-corrected chi connectivity index (χ4v) is 4.29. The summed E-state index contributed by atoms with van der Waals surface area (Å²) in [7, 11) is 0. The van der Waals surface area contributed by atoms with Crippen LogP contribution in [0.1, 0.15) is 17.1 Å². The molecule has 0 aliphatic heterocycles. The fourth-order valence-electron chi connectivity index (χ4n) is 1.47. The van der Waals surface area contributed by atoms with Crippen molar-refractivity contribution in [2.24, 2.45) is 5.73 Å². The summed E-state index contributed by atoms with van der Waals surface area (Å²) in [5.74, 6) is 0. The van der Waals surface area contributed by atoms with Crippen LogP contribution in [0.15, 0.2) is 45.3 Å². The lowest BCUT2D eigenvalue weighted by Crippen LogP contribution is -2.21. The second-order valence-electron chi connectivity index (χ2n) is 3.75. The van der Waals surface area contributed by atoms with Crippen LogP contribution < -0.4 is 5.73 Å². The molecule has 2 aromatic rings. The van der Waals surface area contributed by atoms with Crippen LogP contribution in [0.5, 0.6) is 0 Å². The summed E-state index contributed by atoms with van der Waals surface area (Å²) in [5, 5.41) is 2.38. The highest BCUT2D eigenvalue weighted by atomic mass is 79.9. The van der Waals surface area contributed by atoms with Crippen molar-refractivity contribution in [3.05, 3.63) is 45.3 Å². The van der Waals surface area contributed by atoms with Gasteiger partial charge in [0.2, 0.25) is 0 Å². The van der Waals surface area contributed by atoms with Gasteiger partial charge in [0.15, 0.2) is 0 Å². The van der Waals surface area contributed by atoms with Crippen LogP contribution in [0, 0.1) is 0 Å². The molecule has 0 bridgehead atoms. The van der Waals surface area contributed by atoms with Crippen molar-refractivity contribution in [1.82, 2.24) is 4.98 Å². The Morgan fingerprint density at radius 2 is 2.12 bits per heavy atom. The van der Waals surface area contributed by atoms with Gasteiger partial charge in [-0.3, -0.25) is 4.98 Å². The predicted octanol–water partition coefficient (Wildman–Crippen LogP) is 4.09. The van der Waals surface area contributed by atoms with Gasteiger partial charge in [-0.05, 0) is 41.1 Å². The highest BCUT2D eigenvalue weighted by Gasteiger charge is 2.19. The molecular formula is C12H13BrN2S2. The smallest absolute Gasteiger partial charge is 0.0587 e. The number of thioether (sulfide) groups is 1. The molecule has 2 heterocycles. The van der Waals surface area contributed by atoms with Crippen LogP contribution >= 0.6 is 39.0 Å². The Labute approximate surface area is 118 Å². The van der Waals surface area contributed by atoms with E-state index >= 15 is 0 Å². The molecule has 5 heteroatoms. The SMILES string of the molecule is CC(N)C(Sc1ccncc1)c1cc(Br)cs1. The number of pyridine rings is 1. The van der Waals surface area contributed by atoms with Gasteiger partial charge in [-0.25, -0.2) is 0 Å². The summed E-state index contributed by atoms with van der Waals surface area (Å²) in [6, 6.07) is 6.29. The third kappa shape index (κ3) is 3.55. The molecular weight excluding hydrogens is 316 g/mol. The van der Waals surface area contributed by atoms with Crippen molar-refractivity contribution in [2.45, 2.75) is 23.1 Å². The molecule has 2 aromatic heterocycles. The van der Waals surface area contributed by atoms with E-state index in [0.717, 1.165) is 4.47 Å². The normalized spacial score (nSPS) is 14.5. The molecule has 0 spiro atoms. The van der Waals surface area contributed by atoms with Crippen molar-refractivity contribution in [3.63, 3.8) is 0 Å². The molecule has 0 aliphatic carbocycles. The van der Waals surface area contributed by atoms with E-state index in [2.05, 4.69) is 32.4 Å². The summed E-state index contributed by atoms with van der Waals surface area (Å²) >= 11 is 7.02. The third-order valence-corrected chi connectivity index (χ3v) is 5.67. The molecule has 0 saturated carbocycles. The molecule has 90 valence electrons. The predicted molar refractivity (Wildman–Crippen MR) is 78.5 cm³/mol. The van der Waals surface area contributed by atoms with Crippen molar-refractivity contribution in [2.75, 3.05) is 0 Å². The summed E-state index contributed by atoms with van der Waals surface area (Å²) < 4.78 is 1.12. The zero-order valence-corrected chi connectivity index (χ0v) is 12.6. The largest absolute Gasteiger partial charge is 0.327 e. The number of hydrogen-bond acceptors (Lipinski definition) is 4. The fraction of sp³-hybridized carbons (Fsp3) is 0.250. The Morgan fingerprint density at radius 3 is 2.65 bits per heavy atom. The quantitative estimate of drug-likeness (QED) is 0.859. The average Bonchev–Trinajstić information content (AvgIpc) is 2.73. The maximum atomic E-state index is 6.08. The first-order valence-corrected chi connectivity index (χ1v) is 7.78. The van der Waals surface area contributed by atoms with Gasteiger partial charge in [0, 0.05) is 38.1 Å². The van der Waals surface area contributed by atoms with E-state index in [0.29, 0.717) is 0 Å². The van der Waals surface area contributed by atoms with Crippen LogP contribution in [0.3, 0.4) is 0 Å². The number of nitrogens with zero attached hydrogens (tertiary/aromatic N) is 1. The van der Waals surface area contributed by atoms with Crippen molar-refractivity contribution < 1.29 is 0 Å². The summed E-state index contributed by atoms with van der Waals surface area (Å²) in [5.41, 5.74) is 6.08. The maximum Gasteiger partial charge on any atom is 0.0587 e. The Kier molecular flexibility index (Phi) is 4.62. The van der Waals surface area contributed by atoms with Crippen LogP contribution in [0.25, 0.3) is 0 Å². The van der Waals surface area contributed by atoms with E-state index in [1.165, 1.54) is 9.77 Å². The number of nitrogens with two attached hydrogens (primary N) is 1. The van der Waals surface area contributed by atoms with E-state index in [4.69, 9.17) is 5.73 Å². The molecule has 2 N–H and O–H groups in total. The van der Waals surface area contributed by atoms with Crippen LogP contribution in [0.4, 0.5) is 0 Å². The Balaban J connectivity index is 2.19. The van der Waals surface area contributed by atoms with Crippen molar-refractivity contribution in [3.8, 4) is 0 Å². The van der Waals surface area contributed by atoms with Gasteiger partial charge in [0.25, 0.3) is 0 Å². The number of hydrogen-bond donors (Lipinski definition) is 1. The lowest BCUT2D eigenvalue weighted by molar-refractivity contribution is 0.730. The highest BCUT2D eigenvalue weighted by Crippen LogP contribution is 2.40. The lowest BCUT2D eigenvalue weighted by atomic mass is 10.2. The molecule has 2 atom stereocenters. The van der Waals surface area contributed by atoms with Gasteiger partial charge in [0.05, 0.1) is 5.25 Å². The van der Waals surface area contributed by atoms with Gasteiger partial charge < -0.3 is 5.73 Å². The van der Waals surface area contributed by atoms with Gasteiger partial charge in [-0.2, -0.15) is 0 Å². The topological polar surface area (TPSA) is 38.9 Å². The first kappa shape index (κ1) is 13.1. The lowest BCUT2D eigenvalue weighted by Gasteiger charge is -2.18. The minimum absolute atomic E-state index is 0.110. The van der Waals surface area contributed by atoms with E-state index < -0.39 is 0 Å². The summed E-state index contributed by atoms with van der Waals surface area (Å²) in [6.45, 7) is 2.05. The summed E-state index contributed by atoms with van der Waals surface area (Å²) in [4.78, 5) is 6.53. The van der Waals surface area contributed by atoms with Crippen LogP contribution in [0.2, 0.25) is 0 Å². The Bertz CT molecular complexity index is 470. The second-order valence-corrected chi connectivity index (χ2v) is 6.82. The standard InChI is InChI=1S/C12H13BrN2S2/c1-8(14)12(11-6-9(13)7-16-11)17-10-2-4-15-5-3-10/h2-8,12H,14H2,1H3. The molecule has 0 amide bonds. The van der Waals surface area contributed by atoms with Gasteiger partial charge in [-0.15, -0.1) is 23.1 Å². The van der Waals surface area contributed by atoms with E-state index in [9.17, 15) is 0 Å². The molecule has 0 radical (unpaired) electrons. The number of rotatable bonds is 4. The van der Waals surface area contributed by atoms with Crippen LogP contribution in [-0.4, -0.2) is 11.0 Å². The molecule has 2 unspecified atom stereocenters. The molecule has 0 aliphatic rings. The number of halogens is 1. The molecule has 0 aromatic carbocycles. The maximum absolute atomic E-state index is 6.08. The Morgan fingerprint density at radius 1 is 1.41 bits per heavy atom. The first-order chi connectivity index (χ1) is 8.16. The highest BCUT2D eigenvalue weighted by molar-refractivity contribution is 9.10. The molecule has 2 rings (SSSR count). The molecule has 0 fully saturated rings. The van der Waals surface area contributed by atoms with Gasteiger partial charge in [0.1, 0.15) is 0 Å². The monoisotopic (exact) mass is 328 g/mol. The van der Waals surface area contributed by atoms with Gasteiger partial charge >= 0.3 is 0 Å².